The van der Waals surface area contributed by atoms with Gasteiger partial charge in [0.05, 0.1) is 6.54 Å². The topological polar surface area (TPSA) is 44.9 Å². The number of hydrogen-bond acceptors (Lipinski definition) is 2. The monoisotopic (exact) mass is 230 g/mol. The van der Waals surface area contributed by atoms with Crippen molar-refractivity contribution in [1.82, 2.24) is 0 Å². The molecule has 3 heteroatoms. The second-order valence-corrected chi connectivity index (χ2v) is 5.56. The summed E-state index contributed by atoms with van der Waals surface area (Å²) in [4.78, 5) is 1.36. The summed E-state index contributed by atoms with van der Waals surface area (Å²) in [5.41, 5.74) is 0. The fraction of sp³-hybridized carbons (Fsp3) is 1.00. The van der Waals surface area contributed by atoms with Crippen molar-refractivity contribution in [3.63, 3.8) is 0 Å². The molecule has 0 heterocycles. The van der Waals surface area contributed by atoms with Crippen molar-refractivity contribution in [2.24, 2.45) is 5.92 Å². The zero-order valence-corrected chi connectivity index (χ0v) is 10.8. The van der Waals surface area contributed by atoms with Crippen molar-refractivity contribution in [3.05, 3.63) is 0 Å². The molecule has 1 fully saturated rings. The van der Waals surface area contributed by atoms with Gasteiger partial charge in [-0.05, 0) is 26.7 Å². The Hall–Kier alpha value is -0.120. The molecule has 2 atom stereocenters. The summed E-state index contributed by atoms with van der Waals surface area (Å²) in [5, 5.41) is 18.9. The van der Waals surface area contributed by atoms with Gasteiger partial charge in [-0.3, -0.25) is 0 Å². The van der Waals surface area contributed by atoms with E-state index in [0.29, 0.717) is 0 Å². The number of aliphatic hydroxyl groups excluding tert-OH is 2. The largest absolute Gasteiger partial charge is 0.388 e. The van der Waals surface area contributed by atoms with Crippen LogP contribution >= 0.6 is 0 Å². The van der Waals surface area contributed by atoms with Gasteiger partial charge in [0, 0.05) is 5.92 Å². The van der Waals surface area contributed by atoms with Gasteiger partial charge >= 0.3 is 0 Å². The van der Waals surface area contributed by atoms with Crippen molar-refractivity contribution < 1.29 is 15.1 Å². The van der Waals surface area contributed by atoms with Crippen LogP contribution in [0.4, 0.5) is 0 Å². The predicted octanol–water partition coefficient (Wildman–Crippen LogP) is 0.213. The Morgan fingerprint density at radius 2 is 1.50 bits per heavy atom. The quantitative estimate of drug-likeness (QED) is 0.611. The molecule has 0 amide bonds. The first-order valence-electron chi connectivity index (χ1n) is 6.77. The summed E-state index contributed by atoms with van der Waals surface area (Å²) in [6, 6.07) is 0. The summed E-state index contributed by atoms with van der Waals surface area (Å²) < 4.78 is 0. The minimum Gasteiger partial charge on any atom is -0.388 e. The highest BCUT2D eigenvalue weighted by atomic mass is 16.3. The van der Waals surface area contributed by atoms with Crippen LogP contribution in [0.25, 0.3) is 0 Å². The second-order valence-electron chi connectivity index (χ2n) is 5.56. The Morgan fingerprint density at radius 3 is 1.94 bits per heavy atom. The molecule has 3 nitrogen and oxygen atoms in total. The van der Waals surface area contributed by atoms with Crippen molar-refractivity contribution in [3.8, 4) is 0 Å². The van der Waals surface area contributed by atoms with Crippen LogP contribution in [0.5, 0.6) is 0 Å². The number of hydrogen-bond donors (Lipinski definition) is 3. The Labute approximate surface area is 99.5 Å². The lowest BCUT2D eigenvalue weighted by Gasteiger charge is -2.28. The lowest BCUT2D eigenvalue weighted by Crippen LogP contribution is -3.14. The molecule has 16 heavy (non-hydrogen) atoms. The minimum atomic E-state index is -0.266. The van der Waals surface area contributed by atoms with Crippen molar-refractivity contribution >= 4 is 0 Å². The fourth-order valence-corrected chi connectivity index (χ4v) is 2.89. The van der Waals surface area contributed by atoms with Gasteiger partial charge in [-0.25, -0.2) is 0 Å². The lowest BCUT2D eigenvalue weighted by atomic mass is 9.89. The van der Waals surface area contributed by atoms with Crippen LogP contribution in [0, 0.1) is 5.92 Å². The third-order valence-electron chi connectivity index (χ3n) is 3.47. The number of nitrogens with one attached hydrogen (secondary N) is 1. The summed E-state index contributed by atoms with van der Waals surface area (Å²) >= 11 is 0. The van der Waals surface area contributed by atoms with E-state index in [1.165, 1.54) is 37.0 Å². The van der Waals surface area contributed by atoms with E-state index < -0.39 is 0 Å². The first-order valence-corrected chi connectivity index (χ1v) is 6.77. The highest BCUT2D eigenvalue weighted by Crippen LogP contribution is 2.22. The van der Waals surface area contributed by atoms with Gasteiger partial charge in [-0.1, -0.05) is 19.3 Å². The average molecular weight is 230 g/mol. The Morgan fingerprint density at radius 1 is 1.00 bits per heavy atom. The second kappa shape index (κ2) is 7.25. The average Bonchev–Trinajstić information content (AvgIpc) is 2.16. The third-order valence-corrected chi connectivity index (χ3v) is 3.47. The molecule has 1 saturated carbocycles. The van der Waals surface area contributed by atoms with Gasteiger partial charge in [0.1, 0.15) is 25.3 Å². The first-order chi connectivity index (χ1) is 7.58. The molecule has 1 aliphatic carbocycles. The van der Waals surface area contributed by atoms with Crippen LogP contribution in [0.15, 0.2) is 0 Å². The summed E-state index contributed by atoms with van der Waals surface area (Å²) in [5.74, 6) is 0.807. The van der Waals surface area contributed by atoms with Gasteiger partial charge in [-0.15, -0.1) is 0 Å². The molecule has 0 aromatic heterocycles. The third kappa shape index (κ3) is 5.83. The number of rotatable bonds is 6. The van der Waals surface area contributed by atoms with Gasteiger partial charge in [0.15, 0.2) is 0 Å². The van der Waals surface area contributed by atoms with E-state index >= 15 is 0 Å². The molecule has 0 spiro atoms. The van der Waals surface area contributed by atoms with Crippen LogP contribution in [0.1, 0.15) is 46.0 Å². The fourth-order valence-electron chi connectivity index (χ4n) is 2.89. The predicted molar refractivity (Wildman–Crippen MR) is 65.5 cm³/mol. The van der Waals surface area contributed by atoms with Crippen LogP contribution < -0.4 is 4.90 Å². The van der Waals surface area contributed by atoms with E-state index in [9.17, 15) is 10.2 Å². The van der Waals surface area contributed by atoms with Gasteiger partial charge in [-0.2, -0.15) is 0 Å². The maximum absolute atomic E-state index is 9.46. The zero-order valence-electron chi connectivity index (χ0n) is 10.8. The van der Waals surface area contributed by atoms with Crippen molar-refractivity contribution in [2.45, 2.75) is 58.2 Å². The molecular weight excluding hydrogens is 202 g/mol. The lowest BCUT2D eigenvalue weighted by molar-refractivity contribution is -0.909. The van der Waals surface area contributed by atoms with E-state index in [0.717, 1.165) is 25.6 Å². The smallest absolute Gasteiger partial charge is 0.103 e. The van der Waals surface area contributed by atoms with E-state index in [1.807, 2.05) is 13.8 Å². The molecule has 1 aliphatic rings. The molecule has 0 aromatic carbocycles. The van der Waals surface area contributed by atoms with Crippen LogP contribution in [0.3, 0.4) is 0 Å². The molecule has 0 unspecified atom stereocenters. The van der Waals surface area contributed by atoms with Crippen LogP contribution in [0.2, 0.25) is 0 Å². The number of quaternary nitrogens is 1. The molecule has 0 aliphatic heterocycles. The standard InChI is InChI=1S/C13H27NO2/c1-11(15)8-14(9-12(2)16)10-13-6-4-3-5-7-13/h11-13,15-16H,3-10H2,1-2H3/p+1/t11-,12-/m1/s1. The zero-order chi connectivity index (χ0) is 12.0. The Balaban J connectivity index is 2.35. The Bertz CT molecular complexity index is 167. The van der Waals surface area contributed by atoms with Crippen molar-refractivity contribution in [1.29, 1.82) is 0 Å². The normalized spacial score (nSPS) is 22.3. The van der Waals surface area contributed by atoms with Crippen molar-refractivity contribution in [2.75, 3.05) is 19.6 Å². The summed E-state index contributed by atoms with van der Waals surface area (Å²) in [7, 11) is 0. The molecule has 1 rings (SSSR count). The molecule has 96 valence electrons. The van der Waals surface area contributed by atoms with E-state index in [1.54, 1.807) is 0 Å². The molecule has 0 aromatic rings. The van der Waals surface area contributed by atoms with Gasteiger partial charge in [0.2, 0.25) is 0 Å². The van der Waals surface area contributed by atoms with Gasteiger partial charge in [0.25, 0.3) is 0 Å². The van der Waals surface area contributed by atoms with Crippen LogP contribution in [-0.2, 0) is 0 Å². The molecule has 3 N–H and O–H groups in total. The van der Waals surface area contributed by atoms with Crippen LogP contribution in [-0.4, -0.2) is 42.1 Å². The van der Waals surface area contributed by atoms with Gasteiger partial charge < -0.3 is 15.1 Å². The molecule has 0 bridgehead atoms. The maximum atomic E-state index is 9.46. The summed E-state index contributed by atoms with van der Waals surface area (Å²) in [6.45, 7) is 6.32. The highest BCUT2D eigenvalue weighted by Gasteiger charge is 2.21. The molecular formula is C13H28NO2+. The molecule has 0 radical (unpaired) electrons. The minimum absolute atomic E-state index is 0.266. The molecule has 0 saturated heterocycles. The highest BCUT2D eigenvalue weighted by molar-refractivity contribution is 4.64. The first kappa shape index (κ1) is 13.9. The van der Waals surface area contributed by atoms with E-state index in [-0.39, 0.29) is 12.2 Å². The Kier molecular flexibility index (Phi) is 6.32. The number of aliphatic hydroxyl groups is 2. The van der Waals surface area contributed by atoms with E-state index in [4.69, 9.17) is 0 Å². The maximum Gasteiger partial charge on any atom is 0.103 e. The van der Waals surface area contributed by atoms with E-state index in [2.05, 4.69) is 0 Å². The SMILES string of the molecule is C[C@@H](O)C[NH+](CC1CCCCC1)C[C@@H](C)O. The summed E-state index contributed by atoms with van der Waals surface area (Å²) in [6.07, 6.45) is 6.25.